The zero-order chi connectivity index (χ0) is 13.5. The molecule has 1 heterocycles. The number of nitrogens with two attached hydrogens (primary N) is 1. The Morgan fingerprint density at radius 1 is 1.67 bits per heavy atom. The maximum atomic E-state index is 11.4. The third-order valence-corrected chi connectivity index (χ3v) is 3.00. The van der Waals surface area contributed by atoms with Crippen molar-refractivity contribution in [3.05, 3.63) is 16.1 Å². The van der Waals surface area contributed by atoms with Gasteiger partial charge in [-0.25, -0.2) is 9.78 Å². The molecule has 1 aromatic rings. The molecule has 7 nitrogen and oxygen atoms in total. The smallest absolute Gasteiger partial charge is 0.355 e. The number of carbonyl (C=O) groups is 2. The van der Waals surface area contributed by atoms with E-state index in [1.807, 2.05) is 0 Å². The van der Waals surface area contributed by atoms with Crippen molar-refractivity contribution in [1.29, 1.82) is 0 Å². The Morgan fingerprint density at radius 2 is 2.39 bits per heavy atom. The van der Waals surface area contributed by atoms with E-state index in [1.54, 1.807) is 0 Å². The van der Waals surface area contributed by atoms with E-state index in [4.69, 9.17) is 15.6 Å². The van der Waals surface area contributed by atoms with Crippen LogP contribution in [-0.4, -0.2) is 48.3 Å². The van der Waals surface area contributed by atoms with Gasteiger partial charge in [0.15, 0.2) is 5.69 Å². The van der Waals surface area contributed by atoms with E-state index in [-0.39, 0.29) is 18.2 Å². The van der Waals surface area contributed by atoms with Gasteiger partial charge in [-0.05, 0) is 0 Å². The van der Waals surface area contributed by atoms with Gasteiger partial charge in [0.05, 0.1) is 11.6 Å². The second kappa shape index (κ2) is 7.04. The molecule has 0 aromatic carbocycles. The lowest BCUT2D eigenvalue weighted by molar-refractivity contribution is -0.123. The fourth-order valence-electron chi connectivity index (χ4n) is 1.20. The predicted molar refractivity (Wildman–Crippen MR) is 65.6 cm³/mol. The van der Waals surface area contributed by atoms with E-state index in [0.717, 1.165) is 0 Å². The summed E-state index contributed by atoms with van der Waals surface area (Å²) < 4.78 is 4.76. The van der Waals surface area contributed by atoms with Gasteiger partial charge < -0.3 is 20.9 Å². The van der Waals surface area contributed by atoms with Crippen molar-refractivity contribution < 1.29 is 19.4 Å². The number of nitrogens with zero attached hydrogens (tertiary/aromatic N) is 1. The molecule has 1 rings (SSSR count). The van der Waals surface area contributed by atoms with Crippen molar-refractivity contribution in [2.24, 2.45) is 5.73 Å². The standard InChI is InChI=1S/C10H15N3O4S/c1-17-4-6(11)9(14)12-3-2-8-13-7(5-18-8)10(15)16/h5-6H,2-4,11H2,1H3,(H,12,14)(H,15,16). The van der Waals surface area contributed by atoms with Gasteiger partial charge in [0, 0.05) is 25.5 Å². The Hall–Kier alpha value is -1.51. The molecule has 0 aliphatic heterocycles. The summed E-state index contributed by atoms with van der Waals surface area (Å²) >= 11 is 1.25. The highest BCUT2D eigenvalue weighted by Gasteiger charge is 2.13. The molecule has 100 valence electrons. The molecule has 0 aliphatic rings. The van der Waals surface area contributed by atoms with Crippen LogP contribution in [0.3, 0.4) is 0 Å². The molecule has 4 N–H and O–H groups in total. The van der Waals surface area contributed by atoms with Crippen molar-refractivity contribution in [3.8, 4) is 0 Å². The molecule has 1 aromatic heterocycles. The van der Waals surface area contributed by atoms with Gasteiger partial charge in [0.1, 0.15) is 6.04 Å². The van der Waals surface area contributed by atoms with E-state index in [0.29, 0.717) is 18.0 Å². The monoisotopic (exact) mass is 273 g/mol. The average molecular weight is 273 g/mol. The Kier molecular flexibility index (Phi) is 5.69. The van der Waals surface area contributed by atoms with Crippen LogP contribution in [0.1, 0.15) is 15.5 Å². The second-order valence-electron chi connectivity index (χ2n) is 3.53. The Balaban J connectivity index is 2.32. The highest BCUT2D eigenvalue weighted by Crippen LogP contribution is 2.09. The number of hydrogen-bond acceptors (Lipinski definition) is 6. The van der Waals surface area contributed by atoms with Crippen molar-refractivity contribution >= 4 is 23.2 Å². The third-order valence-electron chi connectivity index (χ3n) is 2.09. The molecule has 0 bridgehead atoms. The number of aromatic nitrogens is 1. The predicted octanol–water partition coefficient (Wildman–Crippen LogP) is -0.526. The summed E-state index contributed by atoms with van der Waals surface area (Å²) in [5, 5.41) is 13.4. The summed E-state index contributed by atoms with van der Waals surface area (Å²) in [6, 6.07) is -0.694. The van der Waals surface area contributed by atoms with Gasteiger partial charge in [-0.1, -0.05) is 0 Å². The van der Waals surface area contributed by atoms with Crippen LogP contribution < -0.4 is 11.1 Å². The highest BCUT2D eigenvalue weighted by molar-refractivity contribution is 7.09. The van der Waals surface area contributed by atoms with E-state index >= 15 is 0 Å². The topological polar surface area (TPSA) is 115 Å². The highest BCUT2D eigenvalue weighted by atomic mass is 32.1. The van der Waals surface area contributed by atoms with Crippen LogP contribution in [0.2, 0.25) is 0 Å². The van der Waals surface area contributed by atoms with Gasteiger partial charge >= 0.3 is 5.97 Å². The van der Waals surface area contributed by atoms with E-state index in [9.17, 15) is 9.59 Å². The minimum Gasteiger partial charge on any atom is -0.476 e. The molecule has 0 radical (unpaired) electrons. The van der Waals surface area contributed by atoms with E-state index in [1.165, 1.54) is 23.8 Å². The largest absolute Gasteiger partial charge is 0.476 e. The zero-order valence-electron chi connectivity index (χ0n) is 9.88. The molecule has 0 aliphatic carbocycles. The van der Waals surface area contributed by atoms with Crippen molar-refractivity contribution in [3.63, 3.8) is 0 Å². The number of carboxylic acid groups (broad SMARTS) is 1. The summed E-state index contributed by atoms with van der Waals surface area (Å²) in [5.41, 5.74) is 5.55. The van der Waals surface area contributed by atoms with Crippen LogP contribution in [0.25, 0.3) is 0 Å². The number of aromatic carboxylic acids is 1. The lowest BCUT2D eigenvalue weighted by Crippen LogP contribution is -2.44. The first-order valence-corrected chi connectivity index (χ1v) is 6.12. The van der Waals surface area contributed by atoms with Crippen molar-refractivity contribution in [2.45, 2.75) is 12.5 Å². The number of thiazole rings is 1. The van der Waals surface area contributed by atoms with Crippen LogP contribution in [0.15, 0.2) is 5.38 Å². The fourth-order valence-corrected chi connectivity index (χ4v) is 1.98. The van der Waals surface area contributed by atoms with Crippen LogP contribution in [0.5, 0.6) is 0 Å². The Bertz CT molecular complexity index is 421. The first kappa shape index (κ1) is 14.6. The second-order valence-corrected chi connectivity index (χ2v) is 4.48. The normalized spacial score (nSPS) is 12.1. The molecule has 0 saturated heterocycles. The Morgan fingerprint density at radius 3 is 2.94 bits per heavy atom. The van der Waals surface area contributed by atoms with Crippen LogP contribution >= 0.6 is 11.3 Å². The lowest BCUT2D eigenvalue weighted by atomic mass is 10.3. The molecule has 1 amide bonds. The van der Waals surface area contributed by atoms with Gasteiger partial charge in [-0.3, -0.25) is 4.79 Å². The van der Waals surface area contributed by atoms with Gasteiger partial charge in [0.2, 0.25) is 5.91 Å². The van der Waals surface area contributed by atoms with Gasteiger partial charge in [-0.2, -0.15) is 0 Å². The number of hydrogen-bond donors (Lipinski definition) is 3. The quantitative estimate of drug-likeness (QED) is 0.615. The molecular weight excluding hydrogens is 258 g/mol. The zero-order valence-corrected chi connectivity index (χ0v) is 10.7. The SMILES string of the molecule is COCC(N)C(=O)NCCc1nc(C(=O)O)cs1. The number of methoxy groups -OCH3 is 1. The number of ether oxygens (including phenoxy) is 1. The van der Waals surface area contributed by atoms with Crippen LogP contribution in [-0.2, 0) is 16.0 Å². The number of carboxylic acids is 1. The number of amides is 1. The molecule has 0 spiro atoms. The minimum absolute atomic E-state index is 0.0254. The van der Waals surface area contributed by atoms with Crippen molar-refractivity contribution in [1.82, 2.24) is 10.3 Å². The third kappa shape index (κ3) is 4.40. The van der Waals surface area contributed by atoms with Crippen molar-refractivity contribution in [2.75, 3.05) is 20.3 Å². The molecule has 8 heteroatoms. The molecule has 1 unspecified atom stereocenters. The summed E-state index contributed by atoms with van der Waals surface area (Å²) in [6.07, 6.45) is 0.476. The molecule has 1 atom stereocenters. The maximum absolute atomic E-state index is 11.4. The molecular formula is C10H15N3O4S. The fraction of sp³-hybridized carbons (Fsp3) is 0.500. The van der Waals surface area contributed by atoms with Gasteiger partial charge in [-0.15, -0.1) is 11.3 Å². The lowest BCUT2D eigenvalue weighted by Gasteiger charge is -2.10. The Labute approximate surface area is 108 Å². The summed E-state index contributed by atoms with van der Waals surface area (Å²) in [6.45, 7) is 0.523. The minimum atomic E-state index is -1.05. The summed E-state index contributed by atoms with van der Waals surface area (Å²) in [5.74, 6) is -1.35. The first-order valence-electron chi connectivity index (χ1n) is 5.24. The summed E-state index contributed by atoms with van der Waals surface area (Å²) in [4.78, 5) is 25.9. The molecule has 18 heavy (non-hydrogen) atoms. The maximum Gasteiger partial charge on any atom is 0.355 e. The van der Waals surface area contributed by atoms with Crippen LogP contribution in [0.4, 0.5) is 0 Å². The summed E-state index contributed by atoms with van der Waals surface area (Å²) in [7, 11) is 1.47. The number of rotatable bonds is 7. The van der Waals surface area contributed by atoms with Gasteiger partial charge in [0.25, 0.3) is 0 Å². The number of nitrogens with one attached hydrogen (secondary N) is 1. The first-order chi connectivity index (χ1) is 8.54. The average Bonchev–Trinajstić information content (AvgIpc) is 2.78. The van der Waals surface area contributed by atoms with E-state index < -0.39 is 12.0 Å². The molecule has 0 fully saturated rings. The van der Waals surface area contributed by atoms with Crippen LogP contribution in [0, 0.1) is 0 Å². The molecule has 0 saturated carbocycles. The van der Waals surface area contributed by atoms with E-state index in [2.05, 4.69) is 10.3 Å². The number of carbonyl (C=O) groups excluding carboxylic acids is 1.